The van der Waals surface area contributed by atoms with Crippen LogP contribution in [0.2, 0.25) is 0 Å². The summed E-state index contributed by atoms with van der Waals surface area (Å²) in [5.41, 5.74) is 0. The maximum absolute atomic E-state index is 12.2. The minimum Gasteiger partial charge on any atom is -0.395 e. The number of aromatic nitrogens is 1. The van der Waals surface area contributed by atoms with Gasteiger partial charge in [0.2, 0.25) is 0 Å². The Morgan fingerprint density at radius 2 is 2.42 bits per heavy atom. The third-order valence-electron chi connectivity index (χ3n) is 3.22. The van der Waals surface area contributed by atoms with E-state index < -0.39 is 0 Å². The molecular weight excluding hydrogens is 262 g/mol. The molecule has 106 valence electrons. The molecule has 1 saturated carbocycles. The second-order valence-electron chi connectivity index (χ2n) is 4.84. The third-order valence-corrected chi connectivity index (χ3v) is 4.54. The zero-order valence-electron chi connectivity index (χ0n) is 11.4. The fraction of sp³-hybridized carbons (Fsp3) is 0.692. The molecule has 1 aliphatic carbocycles. The molecule has 1 aromatic heterocycles. The molecule has 1 aromatic rings. The van der Waals surface area contributed by atoms with Crippen LogP contribution in [-0.4, -0.2) is 40.2 Å². The average Bonchev–Trinajstić information content (AvgIpc) is 3.11. The second kappa shape index (κ2) is 6.34. The molecule has 1 heterocycles. The summed E-state index contributed by atoms with van der Waals surface area (Å²) >= 11 is 1.64. The number of hydrogen-bond donors (Lipinski definition) is 2. The van der Waals surface area contributed by atoms with Gasteiger partial charge in [-0.05, 0) is 26.2 Å². The number of hydrogen-bond acceptors (Lipinski definition) is 4. The predicted molar refractivity (Wildman–Crippen MR) is 75.3 cm³/mol. The van der Waals surface area contributed by atoms with E-state index in [1.54, 1.807) is 16.2 Å². The highest BCUT2D eigenvalue weighted by Crippen LogP contribution is 2.27. The monoisotopic (exact) mass is 283 g/mol. The molecule has 1 fully saturated rings. The maximum atomic E-state index is 12.2. The smallest absolute Gasteiger partial charge is 0.318 e. The fourth-order valence-corrected chi connectivity index (χ4v) is 2.82. The maximum Gasteiger partial charge on any atom is 0.318 e. The SMILES string of the molecule is CCc1cnc(C(C)NC(=O)N(CCO)C2CC2)s1. The van der Waals surface area contributed by atoms with Crippen molar-refractivity contribution in [3.05, 3.63) is 16.1 Å². The number of carbonyl (C=O) groups is 1. The number of amides is 2. The van der Waals surface area contributed by atoms with Gasteiger partial charge in [0.05, 0.1) is 12.6 Å². The molecule has 1 atom stereocenters. The van der Waals surface area contributed by atoms with Gasteiger partial charge in [-0.3, -0.25) is 0 Å². The van der Waals surface area contributed by atoms with Crippen LogP contribution in [0.1, 0.15) is 42.6 Å². The lowest BCUT2D eigenvalue weighted by molar-refractivity contribution is 0.171. The molecule has 0 saturated heterocycles. The van der Waals surface area contributed by atoms with Crippen LogP contribution in [0.3, 0.4) is 0 Å². The lowest BCUT2D eigenvalue weighted by Crippen LogP contribution is -2.43. The minimum atomic E-state index is -0.0997. The Balaban J connectivity index is 1.93. The van der Waals surface area contributed by atoms with Crippen molar-refractivity contribution in [2.75, 3.05) is 13.2 Å². The molecule has 1 aliphatic rings. The van der Waals surface area contributed by atoms with E-state index in [1.165, 1.54) is 4.88 Å². The van der Waals surface area contributed by atoms with Gasteiger partial charge in [0.25, 0.3) is 0 Å². The number of aliphatic hydroxyl groups is 1. The summed E-state index contributed by atoms with van der Waals surface area (Å²) in [5.74, 6) is 0. The molecule has 6 heteroatoms. The van der Waals surface area contributed by atoms with E-state index in [0.29, 0.717) is 12.6 Å². The quantitative estimate of drug-likeness (QED) is 0.838. The zero-order chi connectivity index (χ0) is 13.8. The number of rotatable bonds is 6. The van der Waals surface area contributed by atoms with Gasteiger partial charge in [-0.25, -0.2) is 9.78 Å². The lowest BCUT2D eigenvalue weighted by atomic mass is 10.3. The summed E-state index contributed by atoms with van der Waals surface area (Å²) < 4.78 is 0. The van der Waals surface area contributed by atoms with Crippen molar-refractivity contribution in [1.82, 2.24) is 15.2 Å². The molecule has 0 aliphatic heterocycles. The first kappa shape index (κ1) is 14.3. The summed E-state index contributed by atoms with van der Waals surface area (Å²) in [7, 11) is 0. The van der Waals surface area contributed by atoms with Crippen LogP contribution in [0.15, 0.2) is 6.20 Å². The van der Waals surface area contributed by atoms with E-state index in [2.05, 4.69) is 17.2 Å². The van der Waals surface area contributed by atoms with Crippen LogP contribution in [0.25, 0.3) is 0 Å². The normalized spacial score (nSPS) is 16.2. The van der Waals surface area contributed by atoms with Gasteiger partial charge in [0, 0.05) is 23.7 Å². The standard InChI is InChI=1S/C13H21N3O2S/c1-3-11-8-14-12(19-11)9(2)15-13(18)16(6-7-17)10-4-5-10/h8-10,17H,3-7H2,1-2H3,(H,15,18). The van der Waals surface area contributed by atoms with Gasteiger partial charge in [-0.2, -0.15) is 0 Å². The van der Waals surface area contributed by atoms with Gasteiger partial charge in [0.1, 0.15) is 5.01 Å². The van der Waals surface area contributed by atoms with E-state index in [0.717, 1.165) is 24.3 Å². The van der Waals surface area contributed by atoms with Crippen LogP contribution in [0.5, 0.6) is 0 Å². The molecule has 5 nitrogen and oxygen atoms in total. The number of carbonyl (C=O) groups excluding carboxylic acids is 1. The predicted octanol–water partition coefficient (Wildman–Crippen LogP) is 1.93. The summed E-state index contributed by atoms with van der Waals surface area (Å²) in [6.45, 7) is 4.45. The van der Waals surface area contributed by atoms with E-state index in [1.807, 2.05) is 13.1 Å². The van der Waals surface area contributed by atoms with Gasteiger partial charge >= 0.3 is 6.03 Å². The number of aryl methyl sites for hydroxylation is 1. The number of nitrogens with zero attached hydrogens (tertiary/aromatic N) is 2. The van der Waals surface area contributed by atoms with Gasteiger partial charge < -0.3 is 15.3 Å². The first-order valence-electron chi connectivity index (χ1n) is 6.78. The largest absolute Gasteiger partial charge is 0.395 e. The Morgan fingerprint density at radius 3 is 2.95 bits per heavy atom. The molecule has 1 unspecified atom stereocenters. The molecule has 19 heavy (non-hydrogen) atoms. The summed E-state index contributed by atoms with van der Waals surface area (Å²) in [4.78, 5) is 19.5. The van der Waals surface area contributed by atoms with Crippen LogP contribution in [0, 0.1) is 0 Å². The molecular formula is C13H21N3O2S. The van der Waals surface area contributed by atoms with Crippen molar-refractivity contribution < 1.29 is 9.90 Å². The van der Waals surface area contributed by atoms with Crippen molar-refractivity contribution in [1.29, 1.82) is 0 Å². The Labute approximate surface area is 117 Å². The fourth-order valence-electron chi connectivity index (χ4n) is 1.96. The van der Waals surface area contributed by atoms with E-state index >= 15 is 0 Å². The minimum absolute atomic E-state index is 0.00946. The first-order chi connectivity index (χ1) is 9.15. The average molecular weight is 283 g/mol. The Morgan fingerprint density at radius 1 is 1.68 bits per heavy atom. The Bertz CT molecular complexity index is 431. The first-order valence-corrected chi connectivity index (χ1v) is 7.60. The molecule has 2 N–H and O–H groups in total. The summed E-state index contributed by atoms with van der Waals surface area (Å²) in [6.07, 6.45) is 4.92. The van der Waals surface area contributed by atoms with Crippen molar-refractivity contribution >= 4 is 17.4 Å². The molecule has 0 aromatic carbocycles. The van der Waals surface area contributed by atoms with Gasteiger partial charge in [0.15, 0.2) is 0 Å². The van der Waals surface area contributed by atoms with E-state index in [9.17, 15) is 4.79 Å². The highest BCUT2D eigenvalue weighted by Gasteiger charge is 2.32. The highest BCUT2D eigenvalue weighted by molar-refractivity contribution is 7.11. The van der Waals surface area contributed by atoms with Crippen molar-refractivity contribution in [2.24, 2.45) is 0 Å². The lowest BCUT2D eigenvalue weighted by Gasteiger charge is -2.23. The number of nitrogens with one attached hydrogen (secondary N) is 1. The molecule has 2 rings (SSSR count). The van der Waals surface area contributed by atoms with E-state index in [-0.39, 0.29) is 18.7 Å². The molecule has 0 bridgehead atoms. The Hall–Kier alpha value is -1.14. The second-order valence-corrected chi connectivity index (χ2v) is 5.98. The molecule has 2 amide bonds. The van der Waals surface area contributed by atoms with E-state index in [4.69, 9.17) is 5.11 Å². The van der Waals surface area contributed by atoms with Crippen LogP contribution in [-0.2, 0) is 6.42 Å². The Kier molecular flexibility index (Phi) is 4.76. The zero-order valence-corrected chi connectivity index (χ0v) is 12.2. The van der Waals surface area contributed by atoms with Crippen molar-refractivity contribution in [3.8, 4) is 0 Å². The van der Waals surface area contributed by atoms with Crippen molar-refractivity contribution in [2.45, 2.75) is 45.2 Å². The van der Waals surface area contributed by atoms with Gasteiger partial charge in [-0.1, -0.05) is 6.92 Å². The molecule has 0 spiro atoms. The summed E-state index contributed by atoms with van der Waals surface area (Å²) in [6, 6.07) is 0.122. The highest BCUT2D eigenvalue weighted by atomic mass is 32.1. The summed E-state index contributed by atoms with van der Waals surface area (Å²) in [5, 5.41) is 12.9. The van der Waals surface area contributed by atoms with Crippen LogP contribution in [0.4, 0.5) is 4.79 Å². The number of urea groups is 1. The number of thiazole rings is 1. The molecule has 0 radical (unpaired) electrons. The third kappa shape index (κ3) is 3.67. The van der Waals surface area contributed by atoms with Gasteiger partial charge in [-0.15, -0.1) is 11.3 Å². The number of aliphatic hydroxyl groups excluding tert-OH is 1. The van der Waals surface area contributed by atoms with Crippen LogP contribution < -0.4 is 5.32 Å². The topological polar surface area (TPSA) is 65.5 Å². The van der Waals surface area contributed by atoms with Crippen molar-refractivity contribution in [3.63, 3.8) is 0 Å². The van der Waals surface area contributed by atoms with Crippen LogP contribution >= 0.6 is 11.3 Å².